The van der Waals surface area contributed by atoms with Crippen molar-refractivity contribution in [2.24, 2.45) is 0 Å². The predicted octanol–water partition coefficient (Wildman–Crippen LogP) is 5.62. The lowest BCUT2D eigenvalue weighted by atomic mass is 10.1. The van der Waals surface area contributed by atoms with Crippen molar-refractivity contribution in [3.05, 3.63) is 90.1 Å². The van der Waals surface area contributed by atoms with Crippen molar-refractivity contribution < 1.29 is 21.8 Å². The number of aromatic nitrogens is 4. The van der Waals surface area contributed by atoms with E-state index in [1.807, 2.05) is 47.0 Å². The van der Waals surface area contributed by atoms with Crippen LogP contribution in [0, 0.1) is 0 Å². The van der Waals surface area contributed by atoms with Crippen LogP contribution in [0.15, 0.2) is 82.4 Å². The topological polar surface area (TPSA) is 73.8 Å². The zero-order valence-electron chi connectivity index (χ0n) is 18.5. The number of nitrogens with zero attached hydrogens (tertiary/aromatic N) is 4. The van der Waals surface area contributed by atoms with Gasteiger partial charge in [-0.25, -0.2) is 4.98 Å². The summed E-state index contributed by atoms with van der Waals surface area (Å²) in [5.74, 6) is 0.657. The van der Waals surface area contributed by atoms with Gasteiger partial charge in [0, 0.05) is 39.6 Å². The van der Waals surface area contributed by atoms with E-state index in [1.165, 1.54) is 6.07 Å². The van der Waals surface area contributed by atoms with Gasteiger partial charge in [-0.1, -0.05) is 18.2 Å². The van der Waals surface area contributed by atoms with Crippen LogP contribution in [0.25, 0.3) is 28.2 Å². The molecular formula is C25H19F3N4O2S. The van der Waals surface area contributed by atoms with Gasteiger partial charge in [0.05, 0.1) is 16.6 Å². The predicted molar refractivity (Wildman–Crippen MR) is 126 cm³/mol. The van der Waals surface area contributed by atoms with Crippen molar-refractivity contribution in [1.29, 1.82) is 0 Å². The number of hydrogen-bond acceptors (Lipinski definition) is 5. The first-order valence-corrected chi connectivity index (χ1v) is 12.2. The second kappa shape index (κ2) is 9.10. The van der Waals surface area contributed by atoms with Gasteiger partial charge in [0.15, 0.2) is 0 Å². The van der Waals surface area contributed by atoms with Gasteiger partial charge in [-0.2, -0.15) is 13.2 Å². The lowest BCUT2D eigenvalue weighted by molar-refractivity contribution is -0.137. The van der Waals surface area contributed by atoms with Gasteiger partial charge in [-0.05, 0) is 60.5 Å². The molecule has 35 heavy (non-hydrogen) atoms. The minimum Gasteiger partial charge on any atom is -0.421 e. The highest BCUT2D eigenvalue weighted by Crippen LogP contribution is 2.30. The SMILES string of the molecule is CS(=O)c1ccc(-n2cnc3ccc(-c4nnc(CCc5cccc(C(F)(F)F)c5)o4)cc32)cc1. The Kier molecular flexibility index (Phi) is 5.98. The Balaban J connectivity index is 1.36. The molecule has 0 saturated carbocycles. The molecule has 0 amide bonds. The molecular weight excluding hydrogens is 477 g/mol. The average molecular weight is 497 g/mol. The van der Waals surface area contributed by atoms with Crippen LogP contribution >= 0.6 is 0 Å². The van der Waals surface area contributed by atoms with E-state index in [0.29, 0.717) is 35.7 Å². The van der Waals surface area contributed by atoms with Crippen molar-refractivity contribution in [1.82, 2.24) is 19.7 Å². The molecule has 0 bridgehead atoms. The molecule has 0 aliphatic rings. The molecule has 178 valence electrons. The molecule has 1 atom stereocenters. The molecule has 3 aromatic carbocycles. The molecule has 2 aromatic heterocycles. The highest BCUT2D eigenvalue weighted by molar-refractivity contribution is 7.84. The summed E-state index contributed by atoms with van der Waals surface area (Å²) < 4.78 is 58.2. The van der Waals surface area contributed by atoms with Crippen LogP contribution in [0.5, 0.6) is 0 Å². The average Bonchev–Trinajstić information content (AvgIpc) is 3.49. The first-order chi connectivity index (χ1) is 16.8. The Bertz CT molecular complexity index is 1520. The summed E-state index contributed by atoms with van der Waals surface area (Å²) in [5.41, 5.74) is 3.04. The third kappa shape index (κ3) is 4.88. The lowest BCUT2D eigenvalue weighted by Crippen LogP contribution is -2.05. The smallest absolute Gasteiger partial charge is 0.416 e. The summed E-state index contributed by atoms with van der Waals surface area (Å²) >= 11 is 0. The van der Waals surface area contributed by atoms with Crippen LogP contribution in [0.2, 0.25) is 0 Å². The highest BCUT2D eigenvalue weighted by Gasteiger charge is 2.30. The number of fused-ring (bicyclic) bond motifs is 1. The van der Waals surface area contributed by atoms with Crippen LogP contribution in [0.3, 0.4) is 0 Å². The van der Waals surface area contributed by atoms with Crippen LogP contribution in [-0.2, 0) is 29.8 Å². The standard InChI is InChI=1S/C25H19F3N4O2S/c1-35(33)20-9-7-19(8-10-20)32-15-29-21-11-6-17(14-22(21)32)24-31-30-23(34-24)12-5-16-3-2-4-18(13-16)25(26,27)28/h2-4,6-11,13-15H,5,12H2,1H3. The highest BCUT2D eigenvalue weighted by atomic mass is 32.2. The second-order valence-corrected chi connectivity index (χ2v) is 9.34. The molecule has 0 fully saturated rings. The first kappa shape index (κ1) is 23.0. The summed E-state index contributed by atoms with van der Waals surface area (Å²) in [6.45, 7) is 0. The fourth-order valence-electron chi connectivity index (χ4n) is 3.77. The Labute approximate surface area is 200 Å². The molecule has 10 heteroatoms. The van der Waals surface area contributed by atoms with Crippen LogP contribution in [0.4, 0.5) is 13.2 Å². The van der Waals surface area contributed by atoms with E-state index in [9.17, 15) is 17.4 Å². The number of alkyl halides is 3. The maximum atomic E-state index is 12.9. The first-order valence-electron chi connectivity index (χ1n) is 10.7. The lowest BCUT2D eigenvalue weighted by Gasteiger charge is -2.07. The second-order valence-electron chi connectivity index (χ2n) is 7.97. The number of halogens is 3. The summed E-state index contributed by atoms with van der Waals surface area (Å²) in [6, 6.07) is 18.2. The molecule has 5 aromatic rings. The summed E-state index contributed by atoms with van der Waals surface area (Å²) in [4.78, 5) is 5.17. The molecule has 0 spiro atoms. The molecule has 0 saturated heterocycles. The summed E-state index contributed by atoms with van der Waals surface area (Å²) in [5, 5.41) is 8.18. The number of imidazole rings is 1. The zero-order valence-corrected chi connectivity index (χ0v) is 19.3. The maximum Gasteiger partial charge on any atom is 0.416 e. The fraction of sp³-hybridized carbons (Fsp3) is 0.160. The molecule has 1 unspecified atom stereocenters. The fourth-order valence-corrected chi connectivity index (χ4v) is 4.29. The van der Waals surface area contributed by atoms with Gasteiger partial charge in [-0.15, -0.1) is 10.2 Å². The monoisotopic (exact) mass is 496 g/mol. The van der Waals surface area contributed by atoms with Gasteiger partial charge in [0.1, 0.15) is 6.33 Å². The zero-order chi connectivity index (χ0) is 24.6. The number of aryl methyl sites for hydroxylation is 2. The minimum atomic E-state index is -4.38. The van der Waals surface area contributed by atoms with Crippen molar-refractivity contribution >= 4 is 21.8 Å². The van der Waals surface area contributed by atoms with Gasteiger partial charge in [0.2, 0.25) is 11.8 Å². The van der Waals surface area contributed by atoms with Crippen molar-refractivity contribution in [2.45, 2.75) is 23.9 Å². The van der Waals surface area contributed by atoms with E-state index in [0.717, 1.165) is 33.7 Å². The number of benzene rings is 3. The normalized spacial score (nSPS) is 12.8. The Morgan fingerprint density at radius 1 is 0.971 bits per heavy atom. The largest absolute Gasteiger partial charge is 0.421 e. The van der Waals surface area contributed by atoms with E-state index in [4.69, 9.17) is 4.42 Å². The Morgan fingerprint density at radius 3 is 2.51 bits per heavy atom. The number of hydrogen-bond donors (Lipinski definition) is 0. The minimum absolute atomic E-state index is 0.315. The van der Waals surface area contributed by atoms with Gasteiger partial charge < -0.3 is 4.42 Å². The molecule has 0 N–H and O–H groups in total. The molecule has 2 heterocycles. The van der Waals surface area contributed by atoms with E-state index in [-0.39, 0.29) is 0 Å². The van der Waals surface area contributed by atoms with Gasteiger partial charge in [0.25, 0.3) is 0 Å². The summed E-state index contributed by atoms with van der Waals surface area (Å²) in [7, 11) is -1.06. The molecule has 0 aliphatic carbocycles. The van der Waals surface area contributed by atoms with Crippen molar-refractivity contribution in [3.63, 3.8) is 0 Å². The molecule has 0 radical (unpaired) electrons. The Morgan fingerprint density at radius 2 is 1.77 bits per heavy atom. The van der Waals surface area contributed by atoms with E-state index >= 15 is 0 Å². The quantitative estimate of drug-likeness (QED) is 0.305. The number of rotatable bonds is 6. The van der Waals surface area contributed by atoms with E-state index in [1.54, 1.807) is 18.6 Å². The maximum absolute atomic E-state index is 12.9. The third-order valence-corrected chi connectivity index (χ3v) is 6.53. The van der Waals surface area contributed by atoms with E-state index in [2.05, 4.69) is 15.2 Å². The van der Waals surface area contributed by atoms with Crippen LogP contribution in [-0.4, -0.2) is 30.2 Å². The third-order valence-electron chi connectivity index (χ3n) is 5.59. The van der Waals surface area contributed by atoms with Crippen molar-refractivity contribution in [2.75, 3.05) is 6.26 Å². The van der Waals surface area contributed by atoms with Gasteiger partial charge >= 0.3 is 6.18 Å². The molecule has 5 rings (SSSR count). The molecule has 0 aliphatic heterocycles. The van der Waals surface area contributed by atoms with Crippen LogP contribution in [0.1, 0.15) is 17.0 Å². The Hall–Kier alpha value is -3.79. The van der Waals surface area contributed by atoms with Crippen LogP contribution < -0.4 is 0 Å². The van der Waals surface area contributed by atoms with Gasteiger partial charge in [-0.3, -0.25) is 8.78 Å². The van der Waals surface area contributed by atoms with Crippen molar-refractivity contribution in [3.8, 4) is 17.1 Å². The molecule has 6 nitrogen and oxygen atoms in total. The van der Waals surface area contributed by atoms with E-state index < -0.39 is 22.5 Å². The summed E-state index contributed by atoms with van der Waals surface area (Å²) in [6.07, 6.45) is -0.377.